The molecule has 74 valence electrons. The second-order valence-electron chi connectivity index (χ2n) is 3.73. The maximum atomic E-state index is 10.3. The largest absolute Gasteiger partial charge is 0.481 e. The fourth-order valence-corrected chi connectivity index (χ4v) is 1.57. The van der Waals surface area contributed by atoms with Gasteiger partial charge < -0.3 is 5.11 Å². The Morgan fingerprint density at radius 3 is 2.69 bits per heavy atom. The van der Waals surface area contributed by atoms with Crippen LogP contribution in [-0.2, 0) is 4.79 Å². The Hall–Kier alpha value is -0.830. The van der Waals surface area contributed by atoms with Crippen LogP contribution in [0.1, 0.15) is 19.8 Å². The maximum absolute atomic E-state index is 10.3. The van der Waals surface area contributed by atoms with Crippen LogP contribution in [0.25, 0.3) is 0 Å². The van der Waals surface area contributed by atoms with Crippen LogP contribution in [0.3, 0.4) is 0 Å². The normalized spacial score (nSPS) is 19.2. The van der Waals surface area contributed by atoms with Gasteiger partial charge >= 0.3 is 5.97 Å². The van der Waals surface area contributed by atoms with Crippen molar-refractivity contribution >= 4 is 5.97 Å². The number of hydrogen-bond acceptors (Lipinski definition) is 2. The number of carboxylic acids is 1. The summed E-state index contributed by atoms with van der Waals surface area (Å²) in [5.41, 5.74) is 0. The number of nitrogens with zero attached hydrogens (tertiary/aromatic N) is 1. The molecule has 1 heterocycles. The van der Waals surface area contributed by atoms with E-state index in [-0.39, 0.29) is 0 Å². The molecule has 0 fully saturated rings. The first-order valence-electron chi connectivity index (χ1n) is 4.77. The van der Waals surface area contributed by atoms with Crippen molar-refractivity contribution in [1.29, 1.82) is 0 Å². The van der Waals surface area contributed by atoms with Gasteiger partial charge in [-0.3, -0.25) is 9.69 Å². The fraction of sp³-hybridized carbons (Fsp3) is 0.700. The van der Waals surface area contributed by atoms with Crippen molar-refractivity contribution in [1.82, 2.24) is 4.90 Å². The van der Waals surface area contributed by atoms with Gasteiger partial charge in [0, 0.05) is 26.1 Å². The molecule has 13 heavy (non-hydrogen) atoms. The van der Waals surface area contributed by atoms with Gasteiger partial charge in [0.2, 0.25) is 0 Å². The van der Waals surface area contributed by atoms with Crippen LogP contribution in [0.5, 0.6) is 0 Å². The van der Waals surface area contributed by atoms with E-state index in [2.05, 4.69) is 24.0 Å². The summed E-state index contributed by atoms with van der Waals surface area (Å²) >= 11 is 0. The molecule has 1 rings (SSSR count). The Labute approximate surface area is 79.0 Å². The topological polar surface area (TPSA) is 40.5 Å². The molecule has 0 saturated carbocycles. The third-order valence-electron chi connectivity index (χ3n) is 2.31. The summed E-state index contributed by atoms with van der Waals surface area (Å²) in [6, 6.07) is 0. The van der Waals surface area contributed by atoms with Crippen molar-refractivity contribution in [2.45, 2.75) is 19.8 Å². The van der Waals surface area contributed by atoms with E-state index < -0.39 is 5.97 Å². The summed E-state index contributed by atoms with van der Waals surface area (Å²) in [4.78, 5) is 12.6. The average molecular weight is 183 g/mol. The fourth-order valence-electron chi connectivity index (χ4n) is 1.57. The van der Waals surface area contributed by atoms with E-state index in [1.54, 1.807) is 0 Å². The summed E-state index contributed by atoms with van der Waals surface area (Å²) in [6.45, 7) is 5.18. The van der Waals surface area contributed by atoms with Crippen LogP contribution >= 0.6 is 0 Å². The second kappa shape index (κ2) is 5.02. The van der Waals surface area contributed by atoms with Crippen molar-refractivity contribution in [3.63, 3.8) is 0 Å². The minimum absolute atomic E-state index is 0.294. The molecule has 0 aliphatic carbocycles. The molecule has 0 bridgehead atoms. The molecule has 0 aromatic rings. The molecule has 0 amide bonds. The number of hydrogen-bond donors (Lipinski definition) is 1. The van der Waals surface area contributed by atoms with Crippen molar-refractivity contribution in [3.8, 4) is 0 Å². The van der Waals surface area contributed by atoms with E-state index in [1.165, 1.54) is 0 Å². The highest BCUT2D eigenvalue weighted by molar-refractivity contribution is 5.66. The van der Waals surface area contributed by atoms with Gasteiger partial charge in [-0.1, -0.05) is 19.1 Å². The molecule has 0 aromatic heterocycles. The van der Waals surface area contributed by atoms with Crippen LogP contribution in [0.15, 0.2) is 12.2 Å². The highest BCUT2D eigenvalue weighted by atomic mass is 16.4. The molecular weight excluding hydrogens is 166 g/mol. The Morgan fingerprint density at radius 2 is 2.15 bits per heavy atom. The van der Waals surface area contributed by atoms with Crippen molar-refractivity contribution in [3.05, 3.63) is 12.2 Å². The van der Waals surface area contributed by atoms with Crippen LogP contribution in [0.4, 0.5) is 0 Å². The summed E-state index contributed by atoms with van der Waals surface area (Å²) < 4.78 is 0. The number of carboxylic acid groups (broad SMARTS) is 1. The average Bonchev–Trinajstić information content (AvgIpc) is 2.53. The molecule has 1 N–H and O–H groups in total. The lowest BCUT2D eigenvalue weighted by Gasteiger charge is -2.19. The van der Waals surface area contributed by atoms with Crippen molar-refractivity contribution < 1.29 is 9.90 Å². The van der Waals surface area contributed by atoms with Gasteiger partial charge in [0.05, 0.1) is 0 Å². The molecule has 0 radical (unpaired) electrons. The van der Waals surface area contributed by atoms with Gasteiger partial charge in [0.15, 0.2) is 0 Å². The Morgan fingerprint density at radius 1 is 1.54 bits per heavy atom. The lowest BCUT2D eigenvalue weighted by molar-refractivity contribution is -0.137. The molecule has 0 aromatic carbocycles. The maximum Gasteiger partial charge on any atom is 0.303 e. The smallest absolute Gasteiger partial charge is 0.303 e. The van der Waals surface area contributed by atoms with E-state index in [4.69, 9.17) is 5.11 Å². The molecule has 1 aliphatic heterocycles. The molecule has 1 unspecified atom stereocenters. The van der Waals surface area contributed by atoms with Crippen molar-refractivity contribution in [2.75, 3.05) is 19.6 Å². The van der Waals surface area contributed by atoms with Gasteiger partial charge in [-0.2, -0.15) is 0 Å². The lowest BCUT2D eigenvalue weighted by atomic mass is 10.1. The third-order valence-corrected chi connectivity index (χ3v) is 2.31. The predicted octanol–water partition coefficient (Wildman–Crippen LogP) is 1.36. The van der Waals surface area contributed by atoms with Crippen LogP contribution < -0.4 is 0 Å². The van der Waals surface area contributed by atoms with Gasteiger partial charge in [-0.15, -0.1) is 0 Å². The second-order valence-corrected chi connectivity index (χ2v) is 3.73. The van der Waals surface area contributed by atoms with Gasteiger partial charge in [-0.25, -0.2) is 0 Å². The van der Waals surface area contributed by atoms with E-state index in [0.717, 1.165) is 26.1 Å². The zero-order valence-electron chi connectivity index (χ0n) is 8.07. The molecule has 0 spiro atoms. The molecule has 3 heteroatoms. The summed E-state index contributed by atoms with van der Waals surface area (Å²) in [6.07, 6.45) is 5.39. The number of rotatable bonds is 5. The SMILES string of the molecule is CC(CCC(=O)O)CN1CC=CC1. The first kappa shape index (κ1) is 10.3. The molecular formula is C10H17NO2. The number of aliphatic carboxylic acids is 1. The molecule has 1 aliphatic rings. The highest BCUT2D eigenvalue weighted by Gasteiger charge is 2.11. The van der Waals surface area contributed by atoms with E-state index in [9.17, 15) is 4.79 Å². The monoisotopic (exact) mass is 183 g/mol. The quantitative estimate of drug-likeness (QED) is 0.654. The zero-order chi connectivity index (χ0) is 9.68. The Balaban J connectivity index is 2.10. The molecule has 1 atom stereocenters. The Bertz CT molecular complexity index is 193. The summed E-state index contributed by atoms with van der Waals surface area (Å²) in [5.74, 6) is -0.206. The minimum Gasteiger partial charge on any atom is -0.481 e. The zero-order valence-corrected chi connectivity index (χ0v) is 8.07. The lowest BCUT2D eigenvalue weighted by Crippen LogP contribution is -2.26. The Kier molecular flexibility index (Phi) is 3.96. The van der Waals surface area contributed by atoms with E-state index in [1.807, 2.05) is 0 Å². The standard InChI is InChI=1S/C10H17NO2/c1-9(4-5-10(12)13)8-11-6-2-3-7-11/h2-3,9H,4-8H2,1H3,(H,12,13). The van der Waals surface area contributed by atoms with Gasteiger partial charge in [0.1, 0.15) is 0 Å². The van der Waals surface area contributed by atoms with Gasteiger partial charge in [-0.05, 0) is 12.3 Å². The van der Waals surface area contributed by atoms with Crippen molar-refractivity contribution in [2.24, 2.45) is 5.92 Å². The molecule has 3 nitrogen and oxygen atoms in total. The summed E-state index contributed by atoms with van der Waals surface area (Å²) in [5, 5.41) is 8.50. The highest BCUT2D eigenvalue weighted by Crippen LogP contribution is 2.10. The van der Waals surface area contributed by atoms with E-state index in [0.29, 0.717) is 12.3 Å². The van der Waals surface area contributed by atoms with E-state index >= 15 is 0 Å². The van der Waals surface area contributed by atoms with Gasteiger partial charge in [0.25, 0.3) is 0 Å². The number of carbonyl (C=O) groups is 1. The predicted molar refractivity (Wildman–Crippen MR) is 51.6 cm³/mol. The van der Waals surface area contributed by atoms with Crippen LogP contribution in [-0.4, -0.2) is 35.6 Å². The van der Waals surface area contributed by atoms with Crippen LogP contribution in [0.2, 0.25) is 0 Å². The minimum atomic E-state index is -0.689. The first-order valence-corrected chi connectivity index (χ1v) is 4.77. The summed E-state index contributed by atoms with van der Waals surface area (Å²) in [7, 11) is 0. The molecule has 0 saturated heterocycles. The first-order chi connectivity index (χ1) is 6.18. The van der Waals surface area contributed by atoms with Crippen LogP contribution in [0, 0.1) is 5.92 Å². The third kappa shape index (κ3) is 4.08.